The molecule has 0 fully saturated rings. The number of amides is 2. The molecule has 12 heteroatoms. The Kier molecular flexibility index (Phi) is 8.42. The zero-order valence-corrected chi connectivity index (χ0v) is 27.5. The Balaban J connectivity index is 1.24. The number of rotatable bonds is 6. The molecule has 4 heterocycles. The zero-order chi connectivity index (χ0) is 33.5. The molecule has 6 rings (SSSR count). The zero-order valence-electron chi connectivity index (χ0n) is 26.7. The molecule has 0 unspecified atom stereocenters. The van der Waals surface area contributed by atoms with Gasteiger partial charge in [0.15, 0.2) is 17.9 Å². The van der Waals surface area contributed by atoms with E-state index in [0.717, 1.165) is 39.7 Å². The number of imidazole rings is 1. The van der Waals surface area contributed by atoms with Crippen molar-refractivity contribution in [2.45, 2.75) is 46.3 Å². The van der Waals surface area contributed by atoms with Gasteiger partial charge >= 0.3 is 6.09 Å². The fourth-order valence-electron chi connectivity index (χ4n) is 5.65. The number of aromatic nitrogens is 4. The summed E-state index contributed by atoms with van der Waals surface area (Å²) in [5.41, 5.74) is 5.82. The summed E-state index contributed by atoms with van der Waals surface area (Å²) in [7, 11) is 1.80. The molecule has 47 heavy (non-hydrogen) atoms. The number of aldehydes is 1. The van der Waals surface area contributed by atoms with E-state index in [1.54, 1.807) is 34.8 Å². The lowest BCUT2D eigenvalue weighted by Gasteiger charge is -2.29. The van der Waals surface area contributed by atoms with Crippen molar-refractivity contribution in [2.24, 2.45) is 7.05 Å². The van der Waals surface area contributed by atoms with E-state index in [9.17, 15) is 14.4 Å². The molecule has 0 aliphatic carbocycles. The highest BCUT2D eigenvalue weighted by Crippen LogP contribution is 2.38. The minimum Gasteiger partial charge on any atom is -0.444 e. The average Bonchev–Trinajstić information content (AvgIpc) is 3.38. The van der Waals surface area contributed by atoms with Gasteiger partial charge in [0.25, 0.3) is 5.91 Å². The second-order valence-corrected chi connectivity index (χ2v) is 12.8. The number of nitrogens with zero attached hydrogens (tertiary/aromatic N) is 5. The van der Waals surface area contributed by atoms with Crippen molar-refractivity contribution < 1.29 is 19.1 Å². The van der Waals surface area contributed by atoms with Gasteiger partial charge in [-0.15, -0.1) is 0 Å². The van der Waals surface area contributed by atoms with Crippen LogP contribution in [0.5, 0.6) is 0 Å². The fraction of sp³-hybridized carbons (Fsp3) is 0.257. The average molecular weight is 652 g/mol. The van der Waals surface area contributed by atoms with Crippen LogP contribution in [0.4, 0.5) is 22.0 Å². The smallest absolute Gasteiger partial charge is 0.410 e. The molecule has 0 atom stereocenters. The number of pyridine rings is 2. The molecule has 2 amide bonds. The van der Waals surface area contributed by atoms with Crippen molar-refractivity contribution in [1.82, 2.24) is 24.4 Å². The third-order valence-corrected chi connectivity index (χ3v) is 8.40. The second-order valence-electron chi connectivity index (χ2n) is 12.4. The first-order valence-corrected chi connectivity index (χ1v) is 15.5. The molecule has 0 radical (unpaired) electrons. The number of carbonyl (C=O) groups is 3. The second kappa shape index (κ2) is 12.5. The first-order valence-electron chi connectivity index (χ1n) is 15.1. The fourth-order valence-corrected chi connectivity index (χ4v) is 5.93. The monoisotopic (exact) mass is 651 g/mol. The molecule has 0 saturated heterocycles. The van der Waals surface area contributed by atoms with Crippen molar-refractivity contribution >= 4 is 58.0 Å². The summed E-state index contributed by atoms with van der Waals surface area (Å²) in [5.74, 6) is 0.366. The third kappa shape index (κ3) is 6.39. The molecule has 0 bridgehead atoms. The van der Waals surface area contributed by atoms with E-state index in [-0.39, 0.29) is 12.4 Å². The van der Waals surface area contributed by atoms with Crippen molar-refractivity contribution in [3.8, 4) is 11.1 Å². The number of ether oxygens (including phenoxy) is 1. The predicted molar refractivity (Wildman–Crippen MR) is 181 cm³/mol. The van der Waals surface area contributed by atoms with E-state index in [4.69, 9.17) is 16.3 Å². The molecular formula is C35H34ClN7O4. The minimum absolute atomic E-state index is 0.223. The first kappa shape index (κ1) is 31.7. The topological polar surface area (TPSA) is 131 Å². The maximum absolute atomic E-state index is 13.5. The summed E-state index contributed by atoms with van der Waals surface area (Å²) in [6, 6.07) is 14.9. The Morgan fingerprint density at radius 2 is 1.79 bits per heavy atom. The molecule has 3 aromatic heterocycles. The standard InChI is InChI=1S/C35H34ClN7O4/c1-20-23(8-6-10-25(20)39-31-30-22(12-14-37-31)16-21(19-44)17-38-30)24-9-7-11-26(29(24)36)41-33(45)32-40-27-18-43(15-13-28(27)42(32)5)34(46)47-35(2,3)4/h6-12,14,16-17,19H,13,15,18H2,1-5H3,(H,37,39)(H,41,45). The molecule has 1 aliphatic rings. The van der Waals surface area contributed by atoms with Gasteiger partial charge in [0.1, 0.15) is 11.1 Å². The molecule has 240 valence electrons. The van der Waals surface area contributed by atoms with Crippen LogP contribution in [0.25, 0.3) is 22.0 Å². The van der Waals surface area contributed by atoms with E-state index in [0.29, 0.717) is 46.3 Å². The lowest BCUT2D eigenvalue weighted by atomic mass is 9.98. The Labute approximate surface area is 276 Å². The van der Waals surface area contributed by atoms with Gasteiger partial charge in [-0.2, -0.15) is 0 Å². The van der Waals surface area contributed by atoms with Crippen LogP contribution in [0.3, 0.4) is 0 Å². The molecule has 11 nitrogen and oxygen atoms in total. The lowest BCUT2D eigenvalue weighted by molar-refractivity contribution is 0.0220. The first-order chi connectivity index (χ1) is 22.4. The number of nitrogens with one attached hydrogen (secondary N) is 2. The van der Waals surface area contributed by atoms with Crippen molar-refractivity contribution in [3.63, 3.8) is 0 Å². The summed E-state index contributed by atoms with van der Waals surface area (Å²) in [6.07, 6.45) is 4.09. The Morgan fingerprint density at radius 1 is 1.04 bits per heavy atom. The van der Waals surface area contributed by atoms with Gasteiger partial charge in [0.05, 0.1) is 22.9 Å². The van der Waals surface area contributed by atoms with Crippen molar-refractivity contribution in [1.29, 1.82) is 0 Å². The van der Waals surface area contributed by atoms with Crippen molar-refractivity contribution in [3.05, 3.63) is 94.3 Å². The van der Waals surface area contributed by atoms with Crippen LogP contribution in [-0.4, -0.2) is 54.9 Å². The van der Waals surface area contributed by atoms with Crippen LogP contribution < -0.4 is 10.6 Å². The molecule has 0 saturated carbocycles. The third-order valence-electron chi connectivity index (χ3n) is 7.99. The van der Waals surface area contributed by atoms with Gasteiger partial charge in [0, 0.05) is 60.3 Å². The molecule has 1 aliphatic heterocycles. The van der Waals surface area contributed by atoms with Crippen LogP contribution in [0.2, 0.25) is 5.02 Å². The SMILES string of the molecule is Cc1c(Nc2nccc3cc(C=O)cnc23)cccc1-c1cccc(NC(=O)c2nc3c(n2C)CCN(C(=O)OC(C)(C)C)C3)c1Cl. The van der Waals surface area contributed by atoms with E-state index in [2.05, 4.69) is 25.6 Å². The van der Waals surface area contributed by atoms with Gasteiger partial charge in [-0.25, -0.2) is 14.8 Å². The van der Waals surface area contributed by atoms with Gasteiger partial charge in [0.2, 0.25) is 0 Å². The maximum atomic E-state index is 13.5. The van der Waals surface area contributed by atoms with Crippen LogP contribution in [0.1, 0.15) is 58.7 Å². The highest BCUT2D eigenvalue weighted by atomic mass is 35.5. The van der Waals surface area contributed by atoms with E-state index in [1.807, 2.05) is 64.1 Å². The highest BCUT2D eigenvalue weighted by Gasteiger charge is 2.30. The Morgan fingerprint density at radius 3 is 2.53 bits per heavy atom. The number of carbonyl (C=O) groups excluding carboxylic acids is 3. The Bertz CT molecular complexity index is 2050. The molecule has 2 aromatic carbocycles. The summed E-state index contributed by atoms with van der Waals surface area (Å²) in [4.78, 5) is 52.5. The summed E-state index contributed by atoms with van der Waals surface area (Å²) in [6.45, 7) is 8.18. The summed E-state index contributed by atoms with van der Waals surface area (Å²) < 4.78 is 7.29. The van der Waals surface area contributed by atoms with Crippen LogP contribution >= 0.6 is 11.6 Å². The summed E-state index contributed by atoms with van der Waals surface area (Å²) in [5, 5.41) is 7.49. The lowest BCUT2D eigenvalue weighted by Crippen LogP contribution is -2.40. The van der Waals surface area contributed by atoms with Crippen LogP contribution in [0.15, 0.2) is 60.9 Å². The molecule has 5 aromatic rings. The van der Waals surface area contributed by atoms with E-state index >= 15 is 0 Å². The summed E-state index contributed by atoms with van der Waals surface area (Å²) >= 11 is 6.94. The maximum Gasteiger partial charge on any atom is 0.410 e. The number of fused-ring (bicyclic) bond motifs is 2. The number of benzene rings is 2. The molecular weight excluding hydrogens is 618 g/mol. The van der Waals surface area contributed by atoms with Crippen LogP contribution in [-0.2, 0) is 24.8 Å². The number of anilines is 3. The number of hydrogen-bond donors (Lipinski definition) is 2. The Hall–Kier alpha value is -5.29. The van der Waals surface area contributed by atoms with Crippen molar-refractivity contribution in [2.75, 3.05) is 17.2 Å². The molecule has 0 spiro atoms. The van der Waals surface area contributed by atoms with Gasteiger partial charge in [-0.3, -0.25) is 14.6 Å². The van der Waals surface area contributed by atoms with Gasteiger partial charge in [-0.05, 0) is 63.1 Å². The van der Waals surface area contributed by atoms with Gasteiger partial charge in [-0.1, -0.05) is 35.9 Å². The molecule has 2 N–H and O–H groups in total. The van der Waals surface area contributed by atoms with E-state index in [1.165, 1.54) is 6.20 Å². The highest BCUT2D eigenvalue weighted by molar-refractivity contribution is 6.36. The number of halogens is 1. The minimum atomic E-state index is -0.606. The predicted octanol–water partition coefficient (Wildman–Crippen LogP) is 7.09. The largest absolute Gasteiger partial charge is 0.444 e. The quantitative estimate of drug-likeness (QED) is 0.186. The van der Waals surface area contributed by atoms with E-state index < -0.39 is 17.6 Å². The van der Waals surface area contributed by atoms with Crippen LogP contribution in [0, 0.1) is 6.92 Å². The van der Waals surface area contributed by atoms with Gasteiger partial charge < -0.3 is 24.8 Å². The number of hydrogen-bond acceptors (Lipinski definition) is 8. The normalized spacial score (nSPS) is 12.9.